The fraction of sp³-hybridized carbons (Fsp3) is 0.333. The molecule has 1 unspecified atom stereocenters. The molecular formula is C18H20Br2O. The molecule has 21 heavy (non-hydrogen) atoms. The first-order valence-electron chi connectivity index (χ1n) is 7.07. The topological polar surface area (TPSA) is 9.23 Å². The van der Waals surface area contributed by atoms with Crippen LogP contribution in [0.2, 0.25) is 0 Å². The Labute approximate surface area is 144 Å². The maximum atomic E-state index is 5.48. The molecule has 1 nitrogen and oxygen atoms in total. The summed E-state index contributed by atoms with van der Waals surface area (Å²) in [6.07, 6.45) is 2.08. The lowest BCUT2D eigenvalue weighted by atomic mass is 9.92. The molecule has 2 aromatic carbocycles. The Balaban J connectivity index is 2.16. The maximum absolute atomic E-state index is 5.48. The molecule has 112 valence electrons. The van der Waals surface area contributed by atoms with E-state index in [1.807, 2.05) is 12.1 Å². The molecule has 0 spiro atoms. The van der Waals surface area contributed by atoms with Gasteiger partial charge in [-0.1, -0.05) is 56.1 Å². The Morgan fingerprint density at radius 3 is 2.43 bits per heavy atom. The smallest absolute Gasteiger partial charge is 0.122 e. The van der Waals surface area contributed by atoms with Crippen LogP contribution in [-0.4, -0.2) is 12.4 Å². The second kappa shape index (κ2) is 8.00. The van der Waals surface area contributed by atoms with Crippen LogP contribution in [-0.2, 0) is 12.8 Å². The van der Waals surface area contributed by atoms with Crippen molar-refractivity contribution < 1.29 is 4.74 Å². The third-order valence-electron chi connectivity index (χ3n) is 3.74. The average molecular weight is 412 g/mol. The van der Waals surface area contributed by atoms with Crippen LogP contribution in [0.3, 0.4) is 0 Å². The summed E-state index contributed by atoms with van der Waals surface area (Å²) >= 11 is 7.22. The van der Waals surface area contributed by atoms with Gasteiger partial charge in [0.15, 0.2) is 0 Å². The SMILES string of the molecule is COc1ccc(Br)cc1CC(CBr)Cc1ccccc1C. The molecule has 0 N–H and O–H groups in total. The molecule has 0 saturated heterocycles. The highest BCUT2D eigenvalue weighted by molar-refractivity contribution is 9.10. The molecule has 0 aromatic heterocycles. The zero-order valence-electron chi connectivity index (χ0n) is 12.4. The summed E-state index contributed by atoms with van der Waals surface area (Å²) in [6.45, 7) is 2.18. The second-order valence-corrected chi connectivity index (χ2v) is 6.87. The summed E-state index contributed by atoms with van der Waals surface area (Å²) in [7, 11) is 1.73. The van der Waals surface area contributed by atoms with E-state index >= 15 is 0 Å². The van der Waals surface area contributed by atoms with E-state index in [2.05, 4.69) is 69.1 Å². The number of hydrogen-bond acceptors (Lipinski definition) is 1. The molecule has 3 heteroatoms. The molecule has 0 radical (unpaired) electrons. The number of rotatable bonds is 6. The van der Waals surface area contributed by atoms with Gasteiger partial charge >= 0.3 is 0 Å². The van der Waals surface area contributed by atoms with Gasteiger partial charge in [-0.05, 0) is 60.6 Å². The predicted octanol–water partition coefficient (Wildman–Crippen LogP) is 5.56. The number of halogens is 2. The number of benzene rings is 2. The summed E-state index contributed by atoms with van der Waals surface area (Å²) in [5.41, 5.74) is 4.05. The van der Waals surface area contributed by atoms with Crippen LogP contribution in [0.25, 0.3) is 0 Å². The van der Waals surface area contributed by atoms with E-state index < -0.39 is 0 Å². The second-order valence-electron chi connectivity index (χ2n) is 5.31. The summed E-state index contributed by atoms with van der Waals surface area (Å²) in [6, 6.07) is 14.8. The van der Waals surface area contributed by atoms with Gasteiger partial charge in [-0.15, -0.1) is 0 Å². The van der Waals surface area contributed by atoms with Crippen molar-refractivity contribution in [3.8, 4) is 5.75 Å². The van der Waals surface area contributed by atoms with E-state index in [1.54, 1.807) is 7.11 Å². The van der Waals surface area contributed by atoms with Crippen molar-refractivity contribution in [3.05, 3.63) is 63.6 Å². The third kappa shape index (κ3) is 4.58. The maximum Gasteiger partial charge on any atom is 0.122 e. The fourth-order valence-electron chi connectivity index (χ4n) is 2.55. The van der Waals surface area contributed by atoms with Gasteiger partial charge in [0, 0.05) is 9.80 Å². The number of alkyl halides is 1. The van der Waals surface area contributed by atoms with Crippen molar-refractivity contribution in [1.29, 1.82) is 0 Å². The zero-order valence-corrected chi connectivity index (χ0v) is 15.6. The van der Waals surface area contributed by atoms with E-state index in [4.69, 9.17) is 4.74 Å². The first-order chi connectivity index (χ1) is 10.1. The van der Waals surface area contributed by atoms with Crippen molar-refractivity contribution in [2.75, 3.05) is 12.4 Å². The molecule has 0 aliphatic heterocycles. The van der Waals surface area contributed by atoms with Crippen LogP contribution in [0.4, 0.5) is 0 Å². The molecule has 2 aromatic rings. The minimum atomic E-state index is 0.550. The third-order valence-corrected chi connectivity index (χ3v) is 5.15. The quantitative estimate of drug-likeness (QED) is 0.565. The normalized spacial score (nSPS) is 12.2. The van der Waals surface area contributed by atoms with E-state index in [-0.39, 0.29) is 0 Å². The van der Waals surface area contributed by atoms with Crippen LogP contribution in [0, 0.1) is 12.8 Å². The first kappa shape index (κ1) is 16.6. The predicted molar refractivity (Wildman–Crippen MR) is 96.6 cm³/mol. The Kier molecular flexibility index (Phi) is 6.31. The highest BCUT2D eigenvalue weighted by Crippen LogP contribution is 2.27. The molecule has 0 aliphatic rings. The highest BCUT2D eigenvalue weighted by atomic mass is 79.9. The Morgan fingerprint density at radius 1 is 1.05 bits per heavy atom. The van der Waals surface area contributed by atoms with E-state index in [1.165, 1.54) is 16.7 Å². The van der Waals surface area contributed by atoms with Crippen molar-refractivity contribution in [2.24, 2.45) is 5.92 Å². The lowest BCUT2D eigenvalue weighted by molar-refractivity contribution is 0.405. The van der Waals surface area contributed by atoms with Gasteiger partial charge in [0.05, 0.1) is 7.11 Å². The summed E-state index contributed by atoms with van der Waals surface area (Å²) < 4.78 is 6.58. The monoisotopic (exact) mass is 410 g/mol. The number of ether oxygens (including phenoxy) is 1. The minimum Gasteiger partial charge on any atom is -0.496 e. The Bertz CT molecular complexity index is 596. The molecule has 0 bridgehead atoms. The fourth-order valence-corrected chi connectivity index (χ4v) is 3.42. The van der Waals surface area contributed by atoms with Crippen LogP contribution in [0.5, 0.6) is 5.75 Å². The van der Waals surface area contributed by atoms with Crippen molar-refractivity contribution in [3.63, 3.8) is 0 Å². The van der Waals surface area contributed by atoms with E-state index in [0.717, 1.165) is 28.4 Å². The van der Waals surface area contributed by atoms with Gasteiger partial charge in [-0.25, -0.2) is 0 Å². The van der Waals surface area contributed by atoms with Gasteiger partial charge in [-0.3, -0.25) is 0 Å². The van der Waals surface area contributed by atoms with Crippen LogP contribution in [0.15, 0.2) is 46.9 Å². The largest absolute Gasteiger partial charge is 0.496 e. The molecule has 0 fully saturated rings. The zero-order chi connectivity index (χ0) is 15.2. The van der Waals surface area contributed by atoms with Crippen LogP contribution >= 0.6 is 31.9 Å². The van der Waals surface area contributed by atoms with E-state index in [0.29, 0.717) is 5.92 Å². The molecule has 0 saturated carbocycles. The van der Waals surface area contributed by atoms with Crippen LogP contribution < -0.4 is 4.74 Å². The van der Waals surface area contributed by atoms with Gasteiger partial charge in [-0.2, -0.15) is 0 Å². The number of aryl methyl sites for hydroxylation is 1. The standard InChI is InChI=1S/C18H20Br2O/c1-13-5-3-4-6-15(13)9-14(12-19)10-16-11-17(20)7-8-18(16)21-2/h3-8,11,14H,9-10,12H2,1-2H3. The van der Waals surface area contributed by atoms with Gasteiger partial charge in [0.2, 0.25) is 0 Å². The molecular weight excluding hydrogens is 392 g/mol. The van der Waals surface area contributed by atoms with Gasteiger partial charge in [0.1, 0.15) is 5.75 Å². The minimum absolute atomic E-state index is 0.550. The number of methoxy groups -OCH3 is 1. The highest BCUT2D eigenvalue weighted by Gasteiger charge is 2.14. The molecule has 0 heterocycles. The van der Waals surface area contributed by atoms with Gasteiger partial charge in [0.25, 0.3) is 0 Å². The van der Waals surface area contributed by atoms with Crippen LogP contribution in [0.1, 0.15) is 16.7 Å². The van der Waals surface area contributed by atoms with Crippen molar-refractivity contribution in [2.45, 2.75) is 19.8 Å². The summed E-state index contributed by atoms with van der Waals surface area (Å²) in [5, 5.41) is 0.983. The summed E-state index contributed by atoms with van der Waals surface area (Å²) in [5.74, 6) is 1.52. The van der Waals surface area contributed by atoms with Crippen molar-refractivity contribution in [1.82, 2.24) is 0 Å². The molecule has 2 rings (SSSR count). The first-order valence-corrected chi connectivity index (χ1v) is 8.98. The Morgan fingerprint density at radius 2 is 1.76 bits per heavy atom. The van der Waals surface area contributed by atoms with Gasteiger partial charge < -0.3 is 4.74 Å². The number of hydrogen-bond donors (Lipinski definition) is 0. The lowest BCUT2D eigenvalue weighted by Crippen LogP contribution is -2.11. The molecule has 0 aliphatic carbocycles. The van der Waals surface area contributed by atoms with Crippen molar-refractivity contribution >= 4 is 31.9 Å². The average Bonchev–Trinajstić information content (AvgIpc) is 2.49. The molecule has 0 amide bonds. The lowest BCUT2D eigenvalue weighted by Gasteiger charge is -2.17. The van der Waals surface area contributed by atoms with E-state index in [9.17, 15) is 0 Å². The molecule has 1 atom stereocenters. The Hall–Kier alpha value is -0.800. The summed E-state index contributed by atoms with van der Waals surface area (Å²) in [4.78, 5) is 0.